The summed E-state index contributed by atoms with van der Waals surface area (Å²) in [6.45, 7) is 3.54. The maximum absolute atomic E-state index is 14.4. The van der Waals surface area contributed by atoms with E-state index in [4.69, 9.17) is 18.4 Å². The Labute approximate surface area is 263 Å². The van der Waals surface area contributed by atoms with Crippen LogP contribution in [-0.4, -0.2) is 55.7 Å². The highest BCUT2D eigenvalue weighted by Gasteiger charge is 2.34. The van der Waals surface area contributed by atoms with Gasteiger partial charge in [0.05, 0.1) is 30.0 Å². The maximum atomic E-state index is 14.4. The van der Waals surface area contributed by atoms with Crippen molar-refractivity contribution in [2.24, 2.45) is 0 Å². The van der Waals surface area contributed by atoms with Crippen molar-refractivity contribution in [1.82, 2.24) is 15.5 Å². The number of unbranched alkanes of at least 4 members (excludes halogenated alkanes) is 1. The van der Waals surface area contributed by atoms with Crippen molar-refractivity contribution in [2.75, 3.05) is 24.2 Å². The number of ether oxygens (including phenoxy) is 2. The summed E-state index contributed by atoms with van der Waals surface area (Å²) in [6, 6.07) is 11.4. The van der Waals surface area contributed by atoms with Crippen LogP contribution < -0.4 is 9.62 Å². The number of oxazole rings is 1. The summed E-state index contributed by atoms with van der Waals surface area (Å²) in [4.78, 5) is 42.6. The van der Waals surface area contributed by atoms with Gasteiger partial charge >= 0.3 is 6.16 Å². The van der Waals surface area contributed by atoms with Gasteiger partial charge in [-0.25, -0.2) is 18.2 Å². The predicted octanol–water partition coefficient (Wildman–Crippen LogP) is 4.54. The van der Waals surface area contributed by atoms with Crippen molar-refractivity contribution in [3.05, 3.63) is 81.9 Å². The molecule has 4 aromatic rings. The first-order valence-electron chi connectivity index (χ1n) is 13.9. The molecule has 1 amide bonds. The quantitative estimate of drug-likeness (QED) is 0.0613. The molecule has 4 rings (SSSR count). The van der Waals surface area contributed by atoms with Gasteiger partial charge in [0.25, 0.3) is 15.1 Å². The molecule has 0 bridgehead atoms. The van der Waals surface area contributed by atoms with E-state index in [0.717, 1.165) is 4.31 Å². The molecule has 0 unspecified atom stereocenters. The molecule has 17 heteroatoms. The van der Waals surface area contributed by atoms with Gasteiger partial charge in [-0.05, 0) is 56.0 Å². The van der Waals surface area contributed by atoms with Gasteiger partial charge in [-0.2, -0.15) is 4.31 Å². The minimum absolute atomic E-state index is 0.0742. The molecular formula is C29H31N5O11S. The first-order valence-corrected chi connectivity index (χ1v) is 15.3. The van der Waals surface area contributed by atoms with E-state index in [-0.39, 0.29) is 49.3 Å². The Morgan fingerprint density at radius 1 is 1.07 bits per heavy atom. The molecule has 0 saturated heterocycles. The molecule has 0 atom stereocenters. The number of hydrogen-bond donors (Lipinski definition) is 1. The van der Waals surface area contributed by atoms with E-state index in [1.165, 1.54) is 25.5 Å². The zero-order chi connectivity index (χ0) is 33.3. The van der Waals surface area contributed by atoms with Crippen LogP contribution in [-0.2, 0) is 35.7 Å². The lowest BCUT2D eigenvalue weighted by Crippen LogP contribution is -2.35. The lowest BCUT2D eigenvalue weighted by atomic mass is 9.97. The van der Waals surface area contributed by atoms with Crippen molar-refractivity contribution in [3.63, 3.8) is 0 Å². The maximum Gasteiger partial charge on any atom is 0.510 e. The summed E-state index contributed by atoms with van der Waals surface area (Å²) in [5.41, 5.74) is 2.79. The van der Waals surface area contributed by atoms with Crippen LogP contribution in [0.1, 0.15) is 36.6 Å². The number of hydrogen-bond acceptors (Lipinski definition) is 13. The summed E-state index contributed by atoms with van der Waals surface area (Å²) in [7, 11) is -4.51. The third kappa shape index (κ3) is 8.17. The number of rotatable bonds is 15. The zero-order valence-electron chi connectivity index (χ0n) is 25.1. The van der Waals surface area contributed by atoms with Gasteiger partial charge in [0, 0.05) is 30.2 Å². The topological polar surface area (TPSA) is 206 Å². The highest BCUT2D eigenvalue weighted by atomic mass is 32.2. The first kappa shape index (κ1) is 33.4. The highest BCUT2D eigenvalue weighted by molar-refractivity contribution is 7.93. The molecule has 0 spiro atoms. The fraction of sp³-hybridized carbons (Fsp3) is 0.310. The van der Waals surface area contributed by atoms with Crippen LogP contribution in [0.2, 0.25) is 0 Å². The lowest BCUT2D eigenvalue weighted by Gasteiger charge is -2.23. The van der Waals surface area contributed by atoms with E-state index in [1.807, 2.05) is 0 Å². The van der Waals surface area contributed by atoms with Crippen LogP contribution in [0.15, 0.2) is 68.8 Å². The summed E-state index contributed by atoms with van der Waals surface area (Å²) < 4.78 is 50.4. The molecule has 0 aliphatic carbocycles. The van der Waals surface area contributed by atoms with Crippen molar-refractivity contribution in [1.29, 1.82) is 0 Å². The number of benzene rings is 2. The van der Waals surface area contributed by atoms with Gasteiger partial charge in [-0.3, -0.25) is 4.79 Å². The van der Waals surface area contributed by atoms with Crippen molar-refractivity contribution >= 4 is 28.0 Å². The van der Waals surface area contributed by atoms with E-state index < -0.39 is 28.0 Å². The normalized spacial score (nSPS) is 11.1. The van der Waals surface area contributed by atoms with Gasteiger partial charge in [0.15, 0.2) is 6.73 Å². The first-order chi connectivity index (χ1) is 22.0. The van der Waals surface area contributed by atoms with E-state index >= 15 is 0 Å². The van der Waals surface area contributed by atoms with Crippen LogP contribution >= 0.6 is 0 Å². The number of carbonyl (C=O) groups is 2. The van der Waals surface area contributed by atoms with E-state index in [9.17, 15) is 28.1 Å². The van der Waals surface area contributed by atoms with E-state index in [1.54, 1.807) is 50.2 Å². The van der Waals surface area contributed by atoms with Crippen LogP contribution in [0, 0.1) is 24.0 Å². The SMILES string of the molecule is CC(=O)NCc1cc(-c2ncco2)ccc1-c1ccccc1S(=O)(=O)N(COC(=O)OCCCCO[N+](=O)[O-])c1onc(C)c1C. The molecule has 0 aliphatic heterocycles. The monoisotopic (exact) mass is 657 g/mol. The summed E-state index contributed by atoms with van der Waals surface area (Å²) in [6.07, 6.45) is 2.23. The molecule has 0 saturated carbocycles. The average Bonchev–Trinajstić information content (AvgIpc) is 3.68. The molecule has 0 fully saturated rings. The smallest absolute Gasteiger partial charge is 0.445 e. The van der Waals surface area contributed by atoms with Gasteiger partial charge in [0.2, 0.25) is 17.7 Å². The molecular weight excluding hydrogens is 626 g/mol. The largest absolute Gasteiger partial charge is 0.510 e. The molecule has 0 radical (unpaired) electrons. The molecule has 2 heterocycles. The summed E-state index contributed by atoms with van der Waals surface area (Å²) >= 11 is 0. The Morgan fingerprint density at radius 2 is 1.83 bits per heavy atom. The van der Waals surface area contributed by atoms with E-state index in [2.05, 4.69) is 20.3 Å². The number of nitrogens with zero attached hydrogens (tertiary/aromatic N) is 4. The minimum atomic E-state index is -4.51. The minimum Gasteiger partial charge on any atom is -0.445 e. The number of sulfonamides is 1. The molecule has 46 heavy (non-hydrogen) atoms. The van der Waals surface area contributed by atoms with Crippen LogP contribution in [0.25, 0.3) is 22.6 Å². The van der Waals surface area contributed by atoms with Gasteiger partial charge < -0.3 is 28.6 Å². The Bertz CT molecular complexity index is 1790. The van der Waals surface area contributed by atoms with Gasteiger partial charge in [0.1, 0.15) is 6.26 Å². The number of nitrogens with one attached hydrogen (secondary N) is 1. The van der Waals surface area contributed by atoms with Crippen molar-refractivity contribution in [3.8, 4) is 22.6 Å². The van der Waals surface area contributed by atoms with Crippen molar-refractivity contribution in [2.45, 2.75) is 45.1 Å². The summed E-state index contributed by atoms with van der Waals surface area (Å²) in [5, 5.41) is 15.9. The van der Waals surface area contributed by atoms with Gasteiger partial charge in [-0.15, -0.1) is 10.1 Å². The van der Waals surface area contributed by atoms with Crippen molar-refractivity contribution < 1.29 is 46.3 Å². The number of aryl methyl sites for hydroxylation is 1. The third-order valence-electron chi connectivity index (χ3n) is 6.67. The fourth-order valence-corrected chi connectivity index (χ4v) is 5.80. The summed E-state index contributed by atoms with van der Waals surface area (Å²) in [5.74, 6) is -0.118. The fourth-order valence-electron chi connectivity index (χ4n) is 4.28. The molecule has 1 N–H and O–H groups in total. The number of amides is 1. The van der Waals surface area contributed by atoms with Crippen LogP contribution in [0.4, 0.5) is 10.7 Å². The Kier molecular flexibility index (Phi) is 10.9. The van der Waals surface area contributed by atoms with Gasteiger partial charge in [-0.1, -0.05) is 29.4 Å². The second-order valence-corrected chi connectivity index (χ2v) is 11.6. The van der Waals surface area contributed by atoms with Crippen LogP contribution in [0.3, 0.4) is 0 Å². The standard InChI is InChI=1S/C29H31N5O11S/c1-19-20(2)32-45-28(19)33(18-43-29(36)42-13-6-7-14-44-34(37)38)46(39,40)26-9-5-4-8-25(26)24-11-10-22(27-30-12-15-41-27)16-23(24)17-31-21(3)35/h4-5,8-12,15-16H,6-7,13-14,17-18H2,1-3H3,(H,31,35). The molecule has 244 valence electrons. The zero-order valence-corrected chi connectivity index (χ0v) is 25.9. The highest BCUT2D eigenvalue weighted by Crippen LogP contribution is 2.36. The molecule has 0 aliphatic rings. The molecule has 16 nitrogen and oxygen atoms in total. The Balaban J connectivity index is 1.66. The van der Waals surface area contributed by atoms with Crippen LogP contribution in [0.5, 0.6) is 0 Å². The number of carbonyl (C=O) groups excluding carboxylic acids is 2. The Hall–Kier alpha value is -5.45. The van der Waals surface area contributed by atoms with E-state index in [0.29, 0.717) is 39.4 Å². The molecule has 2 aromatic carbocycles. The molecule has 2 aromatic heterocycles. The number of anilines is 1. The second-order valence-electron chi connectivity index (χ2n) is 9.80. The third-order valence-corrected chi connectivity index (χ3v) is 8.43. The lowest BCUT2D eigenvalue weighted by molar-refractivity contribution is -0.757. The second kappa shape index (κ2) is 15.0. The Morgan fingerprint density at radius 3 is 2.50 bits per heavy atom. The predicted molar refractivity (Wildman–Crippen MR) is 160 cm³/mol. The number of aromatic nitrogens is 2. The average molecular weight is 658 g/mol.